The molecule has 0 amide bonds. The molecule has 3 aromatic rings. The third kappa shape index (κ3) is 3.66. The van der Waals surface area contributed by atoms with E-state index in [0.29, 0.717) is 45.2 Å². The van der Waals surface area contributed by atoms with Gasteiger partial charge in [-0.15, -0.1) is 0 Å². The Kier molecular flexibility index (Phi) is 5.22. The number of fused-ring (bicyclic) bond motifs is 2. The first kappa shape index (κ1) is 20.4. The molecular formula is C24H16Cl2N2O4. The van der Waals surface area contributed by atoms with Crippen LogP contribution in [0.15, 0.2) is 66.1 Å². The summed E-state index contributed by atoms with van der Waals surface area (Å²) in [6, 6.07) is 18.6. The van der Waals surface area contributed by atoms with Crippen LogP contribution in [0.3, 0.4) is 0 Å². The van der Waals surface area contributed by atoms with E-state index in [-0.39, 0.29) is 12.7 Å². The van der Waals surface area contributed by atoms with Crippen molar-refractivity contribution in [2.75, 3.05) is 6.79 Å². The molecule has 1 atom stereocenters. The highest BCUT2D eigenvalue weighted by atomic mass is 35.5. The molecule has 0 spiro atoms. The summed E-state index contributed by atoms with van der Waals surface area (Å²) in [5.74, 6) is 2.08. The largest absolute Gasteiger partial charge is 0.489 e. The molecule has 0 fully saturated rings. The van der Waals surface area contributed by atoms with E-state index < -0.39 is 5.92 Å². The fraction of sp³-hybridized carbons (Fsp3) is 0.125. The Bertz CT molecular complexity index is 1280. The summed E-state index contributed by atoms with van der Waals surface area (Å²) in [4.78, 5) is 0. The van der Waals surface area contributed by atoms with Gasteiger partial charge in [0, 0.05) is 11.6 Å². The Balaban J connectivity index is 1.42. The highest BCUT2D eigenvalue weighted by molar-refractivity contribution is 6.42. The third-order valence-electron chi connectivity index (χ3n) is 5.31. The van der Waals surface area contributed by atoms with E-state index in [4.69, 9.17) is 47.9 Å². The van der Waals surface area contributed by atoms with Gasteiger partial charge in [0.2, 0.25) is 12.7 Å². The van der Waals surface area contributed by atoms with Crippen LogP contribution in [0.25, 0.3) is 0 Å². The molecule has 5 rings (SSSR count). The van der Waals surface area contributed by atoms with Crippen LogP contribution >= 0.6 is 23.2 Å². The number of rotatable bonds is 4. The van der Waals surface area contributed by atoms with Gasteiger partial charge in [0.15, 0.2) is 11.5 Å². The number of halogens is 2. The molecule has 0 aromatic heterocycles. The number of nitrogens with two attached hydrogens (primary N) is 1. The normalized spacial score (nSPS) is 16.2. The molecule has 3 aromatic carbocycles. The molecule has 0 radical (unpaired) electrons. The maximum absolute atomic E-state index is 9.75. The SMILES string of the molecule is N#CC1=C(N)Oc2cc3c(cc2[C@H]1c1ccc(OCc2ccc(Cl)c(Cl)c2)cc1)OCO3. The minimum absolute atomic E-state index is 0.0730. The van der Waals surface area contributed by atoms with Gasteiger partial charge in [0.1, 0.15) is 29.7 Å². The summed E-state index contributed by atoms with van der Waals surface area (Å²) in [6.45, 7) is 0.484. The van der Waals surface area contributed by atoms with Crippen molar-refractivity contribution in [3.05, 3.63) is 92.8 Å². The van der Waals surface area contributed by atoms with Crippen molar-refractivity contribution in [2.24, 2.45) is 5.73 Å². The van der Waals surface area contributed by atoms with Crippen molar-refractivity contribution < 1.29 is 18.9 Å². The third-order valence-corrected chi connectivity index (χ3v) is 6.05. The number of hydrogen-bond acceptors (Lipinski definition) is 6. The van der Waals surface area contributed by atoms with Crippen LogP contribution in [0, 0.1) is 11.3 Å². The Morgan fingerprint density at radius 2 is 1.72 bits per heavy atom. The van der Waals surface area contributed by atoms with Crippen LogP contribution < -0.4 is 24.7 Å². The highest BCUT2D eigenvalue weighted by Crippen LogP contribution is 2.48. The minimum Gasteiger partial charge on any atom is -0.489 e. The highest BCUT2D eigenvalue weighted by Gasteiger charge is 2.33. The zero-order chi connectivity index (χ0) is 22.2. The predicted octanol–water partition coefficient (Wildman–Crippen LogP) is 5.52. The first-order valence-corrected chi connectivity index (χ1v) is 10.5. The number of nitriles is 1. The van der Waals surface area contributed by atoms with Crippen LogP contribution in [0.5, 0.6) is 23.0 Å². The number of benzene rings is 3. The van der Waals surface area contributed by atoms with Gasteiger partial charge in [-0.1, -0.05) is 41.4 Å². The lowest BCUT2D eigenvalue weighted by Gasteiger charge is -2.26. The van der Waals surface area contributed by atoms with Gasteiger partial charge < -0.3 is 24.7 Å². The van der Waals surface area contributed by atoms with Crippen molar-refractivity contribution in [2.45, 2.75) is 12.5 Å². The minimum atomic E-state index is -0.401. The van der Waals surface area contributed by atoms with E-state index in [1.807, 2.05) is 36.4 Å². The van der Waals surface area contributed by atoms with Crippen LogP contribution in [0.2, 0.25) is 10.0 Å². The smallest absolute Gasteiger partial charge is 0.231 e. The van der Waals surface area contributed by atoms with Crippen molar-refractivity contribution in [3.63, 3.8) is 0 Å². The van der Waals surface area contributed by atoms with Gasteiger partial charge in [0.25, 0.3) is 0 Å². The van der Waals surface area contributed by atoms with Gasteiger partial charge in [-0.2, -0.15) is 5.26 Å². The second-order valence-electron chi connectivity index (χ2n) is 7.27. The standard InChI is InChI=1S/C24H16Cl2N2O4/c25-18-6-1-13(7-19(18)26)11-29-15-4-2-14(3-5-15)23-16-8-21-22(31-12-30-21)9-20(16)32-24(28)17(23)10-27/h1-9,23H,11-12,28H2/t23-/m1/s1. The van der Waals surface area contributed by atoms with Crippen LogP contribution in [0.4, 0.5) is 0 Å². The summed E-state index contributed by atoms with van der Waals surface area (Å²) in [6.07, 6.45) is 0. The fourth-order valence-corrected chi connectivity index (χ4v) is 4.06. The first-order valence-electron chi connectivity index (χ1n) is 9.71. The Labute approximate surface area is 194 Å². The van der Waals surface area contributed by atoms with E-state index in [1.165, 1.54) is 0 Å². The Hall–Kier alpha value is -3.53. The van der Waals surface area contributed by atoms with E-state index in [0.717, 1.165) is 16.7 Å². The van der Waals surface area contributed by atoms with E-state index >= 15 is 0 Å². The molecule has 160 valence electrons. The number of allylic oxidation sites excluding steroid dienone is 1. The second kappa shape index (κ2) is 8.19. The van der Waals surface area contributed by atoms with E-state index in [9.17, 15) is 5.26 Å². The summed E-state index contributed by atoms with van der Waals surface area (Å²) >= 11 is 12.0. The summed E-state index contributed by atoms with van der Waals surface area (Å²) in [5, 5.41) is 10.7. The van der Waals surface area contributed by atoms with Crippen molar-refractivity contribution in [3.8, 4) is 29.1 Å². The maximum Gasteiger partial charge on any atom is 0.231 e. The molecule has 0 saturated carbocycles. The van der Waals surface area contributed by atoms with Gasteiger partial charge in [-0.05, 0) is 41.5 Å². The quantitative estimate of drug-likeness (QED) is 0.544. The molecule has 6 nitrogen and oxygen atoms in total. The fourth-order valence-electron chi connectivity index (χ4n) is 3.74. The van der Waals surface area contributed by atoms with Crippen LogP contribution in [-0.4, -0.2) is 6.79 Å². The van der Waals surface area contributed by atoms with Gasteiger partial charge >= 0.3 is 0 Å². The van der Waals surface area contributed by atoms with Crippen molar-refractivity contribution in [1.82, 2.24) is 0 Å². The lowest BCUT2D eigenvalue weighted by atomic mass is 9.83. The molecule has 0 bridgehead atoms. The van der Waals surface area contributed by atoms with E-state index in [2.05, 4.69) is 6.07 Å². The molecule has 0 aliphatic carbocycles. The molecule has 32 heavy (non-hydrogen) atoms. The second-order valence-corrected chi connectivity index (χ2v) is 8.09. The average Bonchev–Trinajstić information content (AvgIpc) is 3.25. The Morgan fingerprint density at radius 1 is 0.969 bits per heavy atom. The molecular weight excluding hydrogens is 451 g/mol. The number of ether oxygens (including phenoxy) is 4. The summed E-state index contributed by atoms with van der Waals surface area (Å²) in [7, 11) is 0. The zero-order valence-corrected chi connectivity index (χ0v) is 18.1. The van der Waals surface area contributed by atoms with Gasteiger partial charge in [0.05, 0.1) is 16.0 Å². The number of hydrogen-bond donors (Lipinski definition) is 1. The lowest BCUT2D eigenvalue weighted by molar-refractivity contribution is 0.174. The molecule has 2 aliphatic rings. The maximum atomic E-state index is 9.75. The van der Waals surface area contributed by atoms with Crippen LogP contribution in [-0.2, 0) is 6.61 Å². The molecule has 2 heterocycles. The Morgan fingerprint density at radius 3 is 2.44 bits per heavy atom. The predicted molar refractivity (Wildman–Crippen MR) is 119 cm³/mol. The summed E-state index contributed by atoms with van der Waals surface area (Å²) in [5.41, 5.74) is 8.95. The molecule has 2 aliphatic heterocycles. The molecule has 8 heteroatoms. The molecule has 2 N–H and O–H groups in total. The van der Waals surface area contributed by atoms with Crippen molar-refractivity contribution >= 4 is 23.2 Å². The number of nitrogens with zero attached hydrogens (tertiary/aromatic N) is 1. The van der Waals surface area contributed by atoms with Crippen molar-refractivity contribution in [1.29, 1.82) is 5.26 Å². The van der Waals surface area contributed by atoms with Gasteiger partial charge in [-0.3, -0.25) is 0 Å². The monoisotopic (exact) mass is 466 g/mol. The average molecular weight is 467 g/mol. The van der Waals surface area contributed by atoms with Crippen LogP contribution in [0.1, 0.15) is 22.6 Å². The summed E-state index contributed by atoms with van der Waals surface area (Å²) < 4.78 is 22.5. The first-order chi connectivity index (χ1) is 15.5. The molecule has 0 saturated heterocycles. The van der Waals surface area contributed by atoms with E-state index in [1.54, 1.807) is 18.2 Å². The van der Waals surface area contributed by atoms with Gasteiger partial charge in [-0.25, -0.2) is 0 Å². The lowest BCUT2D eigenvalue weighted by Crippen LogP contribution is -2.21. The topological polar surface area (TPSA) is 86.7 Å². The zero-order valence-electron chi connectivity index (χ0n) is 16.6. The molecule has 0 unspecified atom stereocenters.